The summed E-state index contributed by atoms with van der Waals surface area (Å²) in [6, 6.07) is 14.1. The van der Waals surface area contributed by atoms with Gasteiger partial charge in [-0.15, -0.1) is 0 Å². The highest BCUT2D eigenvalue weighted by Gasteiger charge is 2.35. The van der Waals surface area contributed by atoms with Gasteiger partial charge in [0, 0.05) is 24.7 Å². The van der Waals surface area contributed by atoms with Crippen LogP contribution in [0.4, 0.5) is 5.69 Å². The topological polar surface area (TPSA) is 35.6 Å². The zero-order valence-electron chi connectivity index (χ0n) is 16.0. The van der Waals surface area contributed by atoms with Crippen LogP contribution in [0.15, 0.2) is 42.5 Å². The van der Waals surface area contributed by atoms with Gasteiger partial charge in [0.25, 0.3) is 0 Å². The Hall–Kier alpha value is -1.75. The average Bonchev–Trinajstić information content (AvgIpc) is 3.23. The molecule has 0 unspecified atom stereocenters. The normalized spacial score (nSPS) is 22.5. The maximum absolute atomic E-state index is 13.0. The highest BCUT2D eigenvalue weighted by Crippen LogP contribution is 2.36. The van der Waals surface area contributed by atoms with Gasteiger partial charge < -0.3 is 15.1 Å². The van der Waals surface area contributed by atoms with Crippen molar-refractivity contribution in [3.63, 3.8) is 0 Å². The van der Waals surface area contributed by atoms with E-state index in [1.165, 1.54) is 0 Å². The van der Waals surface area contributed by atoms with E-state index in [2.05, 4.69) is 22.3 Å². The second-order valence-electron chi connectivity index (χ2n) is 7.65. The Bertz CT molecular complexity index is 849. The van der Waals surface area contributed by atoms with Gasteiger partial charge in [-0.05, 0) is 61.7 Å². The Kier molecular flexibility index (Phi) is 5.81. The molecule has 4 rings (SSSR count). The van der Waals surface area contributed by atoms with E-state index in [1.54, 1.807) is 0 Å². The monoisotopic (exact) mass is 417 g/mol. The van der Waals surface area contributed by atoms with Crippen LogP contribution in [-0.4, -0.2) is 43.0 Å². The van der Waals surface area contributed by atoms with Gasteiger partial charge in [0.05, 0.1) is 22.8 Å². The van der Waals surface area contributed by atoms with Crippen molar-refractivity contribution in [2.75, 3.05) is 31.1 Å². The number of nitrogens with zero attached hydrogens (tertiary/aromatic N) is 2. The molecule has 6 heteroatoms. The molecule has 2 heterocycles. The number of anilines is 1. The van der Waals surface area contributed by atoms with Crippen LogP contribution in [0.2, 0.25) is 10.0 Å². The number of benzene rings is 2. The van der Waals surface area contributed by atoms with Crippen molar-refractivity contribution >= 4 is 34.8 Å². The van der Waals surface area contributed by atoms with E-state index in [1.807, 2.05) is 42.2 Å². The van der Waals surface area contributed by atoms with Crippen molar-refractivity contribution < 1.29 is 4.79 Å². The molecule has 1 amide bonds. The Morgan fingerprint density at radius 1 is 1.11 bits per heavy atom. The zero-order valence-corrected chi connectivity index (χ0v) is 17.5. The first-order valence-corrected chi connectivity index (χ1v) is 10.6. The fraction of sp³-hybridized carbons (Fsp3) is 0.409. The van der Waals surface area contributed by atoms with E-state index < -0.39 is 0 Å². The summed E-state index contributed by atoms with van der Waals surface area (Å²) in [5.41, 5.74) is 3.29. The lowest BCUT2D eigenvalue weighted by Crippen LogP contribution is -2.54. The standard InChI is InChI=1S/C22H25Cl2N3O/c1-15-4-9-20(18(24)13-15)27-12-11-26(22(28)19-3-2-10-25-19)14-21(27)16-5-7-17(23)8-6-16/h4-9,13,19,21,25H,2-3,10-12,14H2,1H3/t19-,21-/m0/s1. The predicted molar refractivity (Wildman–Crippen MR) is 115 cm³/mol. The molecule has 0 aromatic heterocycles. The number of hydrogen-bond donors (Lipinski definition) is 1. The van der Waals surface area contributed by atoms with Crippen LogP contribution in [0.25, 0.3) is 0 Å². The third-order valence-electron chi connectivity index (χ3n) is 5.72. The molecule has 0 radical (unpaired) electrons. The first kappa shape index (κ1) is 19.6. The molecule has 28 heavy (non-hydrogen) atoms. The number of carbonyl (C=O) groups excluding carboxylic acids is 1. The van der Waals surface area contributed by atoms with Crippen LogP contribution < -0.4 is 10.2 Å². The Labute approximate surface area is 176 Å². The predicted octanol–water partition coefficient (Wildman–Crippen LogP) is 4.44. The van der Waals surface area contributed by atoms with Gasteiger partial charge in [0.2, 0.25) is 5.91 Å². The molecule has 2 saturated heterocycles. The Balaban J connectivity index is 1.64. The van der Waals surface area contributed by atoms with E-state index in [0.29, 0.717) is 18.1 Å². The summed E-state index contributed by atoms with van der Waals surface area (Å²) in [5, 5.41) is 4.79. The van der Waals surface area contributed by atoms with E-state index in [4.69, 9.17) is 23.2 Å². The number of amides is 1. The van der Waals surface area contributed by atoms with Gasteiger partial charge in [0.1, 0.15) is 0 Å². The van der Waals surface area contributed by atoms with Crippen molar-refractivity contribution in [2.45, 2.75) is 31.8 Å². The molecule has 0 aliphatic carbocycles. The second kappa shape index (κ2) is 8.32. The highest BCUT2D eigenvalue weighted by atomic mass is 35.5. The molecule has 2 aromatic carbocycles. The molecule has 2 atom stereocenters. The first-order chi connectivity index (χ1) is 13.5. The lowest BCUT2D eigenvalue weighted by molar-refractivity contribution is -0.133. The van der Waals surface area contributed by atoms with Crippen LogP contribution in [-0.2, 0) is 4.79 Å². The number of piperazine rings is 1. The van der Waals surface area contributed by atoms with Crippen LogP contribution in [0.3, 0.4) is 0 Å². The largest absolute Gasteiger partial charge is 0.360 e. The van der Waals surface area contributed by atoms with Gasteiger partial charge in [-0.1, -0.05) is 41.4 Å². The van der Waals surface area contributed by atoms with E-state index >= 15 is 0 Å². The first-order valence-electron chi connectivity index (χ1n) is 9.83. The molecule has 148 valence electrons. The molecule has 2 fully saturated rings. The lowest BCUT2D eigenvalue weighted by atomic mass is 10.00. The minimum atomic E-state index is -0.0413. The molecule has 2 aliphatic rings. The number of aryl methyl sites for hydroxylation is 1. The SMILES string of the molecule is Cc1ccc(N2CCN(C(=O)[C@@H]3CCCN3)C[C@H]2c2ccc(Cl)cc2)c(Cl)c1. The quantitative estimate of drug-likeness (QED) is 0.801. The lowest BCUT2D eigenvalue weighted by Gasteiger charge is -2.44. The third kappa shape index (κ3) is 4.00. The summed E-state index contributed by atoms with van der Waals surface area (Å²) in [6.07, 6.45) is 1.99. The van der Waals surface area contributed by atoms with Gasteiger partial charge in [-0.3, -0.25) is 4.79 Å². The third-order valence-corrected chi connectivity index (χ3v) is 6.27. The van der Waals surface area contributed by atoms with Crippen molar-refractivity contribution in [1.82, 2.24) is 10.2 Å². The van der Waals surface area contributed by atoms with Gasteiger partial charge >= 0.3 is 0 Å². The second-order valence-corrected chi connectivity index (χ2v) is 8.49. The summed E-state index contributed by atoms with van der Waals surface area (Å²) in [6.45, 7) is 5.05. The maximum atomic E-state index is 13.0. The summed E-state index contributed by atoms with van der Waals surface area (Å²) in [5.74, 6) is 0.214. The smallest absolute Gasteiger partial charge is 0.239 e. The number of carbonyl (C=O) groups is 1. The van der Waals surface area contributed by atoms with Crippen molar-refractivity contribution in [3.8, 4) is 0 Å². The zero-order chi connectivity index (χ0) is 19.7. The van der Waals surface area contributed by atoms with Crippen LogP contribution in [0.1, 0.15) is 30.0 Å². The molecule has 1 N–H and O–H groups in total. The van der Waals surface area contributed by atoms with Gasteiger partial charge in [-0.25, -0.2) is 0 Å². The summed E-state index contributed by atoms with van der Waals surface area (Å²) < 4.78 is 0. The van der Waals surface area contributed by atoms with E-state index in [0.717, 1.165) is 47.8 Å². The number of nitrogens with one attached hydrogen (secondary N) is 1. The molecule has 0 spiro atoms. The molecular weight excluding hydrogens is 393 g/mol. The molecule has 2 aliphatic heterocycles. The van der Waals surface area contributed by atoms with Crippen molar-refractivity contribution in [3.05, 3.63) is 63.6 Å². The summed E-state index contributed by atoms with van der Waals surface area (Å²) in [4.78, 5) is 17.3. The van der Waals surface area contributed by atoms with Crippen LogP contribution in [0, 0.1) is 6.92 Å². The van der Waals surface area contributed by atoms with E-state index in [9.17, 15) is 4.79 Å². The number of halogens is 2. The van der Waals surface area contributed by atoms with Crippen molar-refractivity contribution in [2.24, 2.45) is 0 Å². The van der Waals surface area contributed by atoms with Crippen molar-refractivity contribution in [1.29, 1.82) is 0 Å². The molecule has 4 nitrogen and oxygen atoms in total. The van der Waals surface area contributed by atoms with Crippen LogP contribution >= 0.6 is 23.2 Å². The number of hydrogen-bond acceptors (Lipinski definition) is 3. The minimum absolute atomic E-state index is 0.0385. The fourth-order valence-corrected chi connectivity index (χ4v) is 4.67. The average molecular weight is 418 g/mol. The Morgan fingerprint density at radius 2 is 1.89 bits per heavy atom. The van der Waals surface area contributed by atoms with E-state index in [-0.39, 0.29) is 18.0 Å². The van der Waals surface area contributed by atoms with Gasteiger partial charge in [-0.2, -0.15) is 0 Å². The molecule has 0 saturated carbocycles. The molecule has 0 bridgehead atoms. The van der Waals surface area contributed by atoms with Crippen LogP contribution in [0.5, 0.6) is 0 Å². The Morgan fingerprint density at radius 3 is 2.57 bits per heavy atom. The molecular formula is C22H25Cl2N3O. The maximum Gasteiger partial charge on any atom is 0.239 e. The number of rotatable bonds is 3. The summed E-state index contributed by atoms with van der Waals surface area (Å²) >= 11 is 12.7. The van der Waals surface area contributed by atoms with Gasteiger partial charge in [0.15, 0.2) is 0 Å². The molecule has 2 aromatic rings. The fourth-order valence-electron chi connectivity index (χ4n) is 4.20. The highest BCUT2D eigenvalue weighted by molar-refractivity contribution is 6.33. The summed E-state index contributed by atoms with van der Waals surface area (Å²) in [7, 11) is 0. The minimum Gasteiger partial charge on any atom is -0.360 e.